The Balaban J connectivity index is 2.29. The van der Waals surface area contributed by atoms with Gasteiger partial charge in [-0.25, -0.2) is 14.0 Å². The molecule has 0 fully saturated rings. The van der Waals surface area contributed by atoms with Crippen LogP contribution < -0.4 is 16.0 Å². The van der Waals surface area contributed by atoms with Crippen molar-refractivity contribution in [3.63, 3.8) is 0 Å². The predicted octanol–water partition coefficient (Wildman–Crippen LogP) is 3.02. The van der Waals surface area contributed by atoms with Crippen LogP contribution >= 0.6 is 0 Å². The van der Waals surface area contributed by atoms with Crippen LogP contribution in [0.25, 0.3) is 0 Å². The van der Waals surface area contributed by atoms with Crippen molar-refractivity contribution in [2.45, 2.75) is 46.7 Å². The first-order chi connectivity index (χ1) is 12.6. The van der Waals surface area contributed by atoms with Gasteiger partial charge in [0.15, 0.2) is 0 Å². The van der Waals surface area contributed by atoms with Gasteiger partial charge >= 0.3 is 12.0 Å². The van der Waals surface area contributed by atoms with E-state index in [1.165, 1.54) is 12.1 Å². The van der Waals surface area contributed by atoms with Crippen molar-refractivity contribution in [2.75, 3.05) is 13.2 Å². The van der Waals surface area contributed by atoms with Crippen LogP contribution in [0.5, 0.6) is 0 Å². The van der Waals surface area contributed by atoms with Gasteiger partial charge in [-0.1, -0.05) is 32.9 Å². The molecular weight excluding hydrogens is 349 g/mol. The summed E-state index contributed by atoms with van der Waals surface area (Å²) in [6.45, 7) is 10.2. The lowest BCUT2D eigenvalue weighted by molar-refractivity contribution is -0.139. The zero-order valence-electron chi connectivity index (χ0n) is 16.5. The van der Waals surface area contributed by atoms with Crippen LogP contribution in [0.1, 0.15) is 46.2 Å². The maximum atomic E-state index is 13.3. The Morgan fingerprint density at radius 2 is 1.93 bits per heavy atom. The first-order valence-corrected chi connectivity index (χ1v) is 9.10. The molecule has 0 aliphatic carbocycles. The first kappa shape index (κ1) is 20.9. The number of halogens is 1. The molecule has 3 N–H and O–H groups in total. The van der Waals surface area contributed by atoms with E-state index in [2.05, 4.69) is 36.7 Å². The molecule has 1 aromatic carbocycles. The summed E-state index contributed by atoms with van der Waals surface area (Å²) in [5.74, 6) is -0.749. The number of hydrogen-bond acceptors (Lipinski definition) is 4. The van der Waals surface area contributed by atoms with E-state index in [9.17, 15) is 14.0 Å². The lowest BCUT2D eigenvalue weighted by Crippen LogP contribution is -2.51. The van der Waals surface area contributed by atoms with E-state index < -0.39 is 12.0 Å². The van der Waals surface area contributed by atoms with Crippen LogP contribution in [-0.4, -0.2) is 31.2 Å². The zero-order chi connectivity index (χ0) is 20.2. The summed E-state index contributed by atoms with van der Waals surface area (Å²) in [6.07, 6.45) is 0. The van der Waals surface area contributed by atoms with Crippen molar-refractivity contribution < 1.29 is 18.7 Å². The molecule has 0 spiro atoms. The number of nitrogens with one attached hydrogen (secondary N) is 3. The summed E-state index contributed by atoms with van der Waals surface area (Å²) in [6, 6.07) is 5.40. The molecule has 0 saturated heterocycles. The SMILES string of the molecule is CCOC(=O)C1=C(CNC(c2ccc(F)cc2)C(C)(C)C)NC(=O)NC1C. The van der Waals surface area contributed by atoms with Gasteiger partial charge in [0.25, 0.3) is 0 Å². The minimum Gasteiger partial charge on any atom is -0.463 e. The minimum absolute atomic E-state index is 0.115. The number of rotatable bonds is 6. The Morgan fingerprint density at radius 3 is 2.48 bits per heavy atom. The average Bonchev–Trinajstić information content (AvgIpc) is 2.55. The number of carbonyl (C=O) groups excluding carboxylic acids is 2. The molecule has 2 amide bonds. The van der Waals surface area contributed by atoms with Crippen molar-refractivity contribution >= 4 is 12.0 Å². The summed E-state index contributed by atoms with van der Waals surface area (Å²) in [5.41, 5.74) is 1.64. The molecule has 1 aliphatic rings. The van der Waals surface area contributed by atoms with E-state index >= 15 is 0 Å². The highest BCUT2D eigenvalue weighted by Gasteiger charge is 2.31. The molecule has 2 rings (SSSR count). The Kier molecular flexibility index (Phi) is 6.59. The number of urea groups is 1. The zero-order valence-corrected chi connectivity index (χ0v) is 16.5. The second-order valence-electron chi connectivity index (χ2n) is 7.66. The third kappa shape index (κ3) is 5.29. The third-order valence-electron chi connectivity index (χ3n) is 4.42. The first-order valence-electron chi connectivity index (χ1n) is 9.10. The van der Waals surface area contributed by atoms with Gasteiger partial charge < -0.3 is 20.7 Å². The van der Waals surface area contributed by atoms with E-state index in [1.807, 2.05) is 0 Å². The maximum Gasteiger partial charge on any atom is 0.337 e. The molecular formula is C20H28FN3O3. The summed E-state index contributed by atoms with van der Waals surface area (Å²) >= 11 is 0. The largest absolute Gasteiger partial charge is 0.463 e. The fraction of sp³-hybridized carbons (Fsp3) is 0.500. The lowest BCUT2D eigenvalue weighted by atomic mass is 9.82. The highest BCUT2D eigenvalue weighted by Crippen LogP contribution is 2.33. The molecule has 0 saturated carbocycles. The summed E-state index contributed by atoms with van der Waals surface area (Å²) in [7, 11) is 0. The lowest BCUT2D eigenvalue weighted by Gasteiger charge is -2.34. The molecule has 6 nitrogen and oxygen atoms in total. The van der Waals surface area contributed by atoms with Gasteiger partial charge in [0.1, 0.15) is 5.82 Å². The fourth-order valence-electron chi connectivity index (χ4n) is 3.20. The highest BCUT2D eigenvalue weighted by molar-refractivity contribution is 5.94. The molecule has 0 aromatic heterocycles. The Labute approximate surface area is 159 Å². The smallest absolute Gasteiger partial charge is 0.337 e. The normalized spacial score (nSPS) is 18.6. The molecule has 1 aliphatic heterocycles. The highest BCUT2D eigenvalue weighted by atomic mass is 19.1. The van der Waals surface area contributed by atoms with Gasteiger partial charge in [0.2, 0.25) is 0 Å². The number of benzene rings is 1. The van der Waals surface area contributed by atoms with Gasteiger partial charge in [0, 0.05) is 18.3 Å². The van der Waals surface area contributed by atoms with E-state index in [0.29, 0.717) is 11.3 Å². The van der Waals surface area contributed by atoms with Crippen molar-refractivity contribution in [3.8, 4) is 0 Å². The topological polar surface area (TPSA) is 79.5 Å². The molecule has 27 heavy (non-hydrogen) atoms. The van der Waals surface area contributed by atoms with E-state index in [1.54, 1.807) is 26.0 Å². The third-order valence-corrected chi connectivity index (χ3v) is 4.42. The number of esters is 1. The van der Waals surface area contributed by atoms with Crippen LogP contribution in [0.4, 0.5) is 9.18 Å². The van der Waals surface area contributed by atoms with Crippen LogP contribution in [0.15, 0.2) is 35.5 Å². The van der Waals surface area contributed by atoms with Gasteiger partial charge in [-0.15, -0.1) is 0 Å². The van der Waals surface area contributed by atoms with Gasteiger partial charge in [0.05, 0.1) is 18.2 Å². The van der Waals surface area contributed by atoms with Crippen LogP contribution in [0.3, 0.4) is 0 Å². The molecule has 1 heterocycles. The number of carbonyl (C=O) groups is 2. The molecule has 148 valence electrons. The van der Waals surface area contributed by atoms with E-state index in [-0.39, 0.29) is 36.5 Å². The number of amides is 2. The van der Waals surface area contributed by atoms with Crippen molar-refractivity contribution in [2.24, 2.45) is 5.41 Å². The standard InChI is InChI=1S/C20H28FN3O3/c1-6-27-18(25)16-12(2)23-19(26)24-15(16)11-22-17(20(3,4)5)13-7-9-14(21)10-8-13/h7-10,12,17,22H,6,11H2,1-5H3,(H2,23,24,26). The monoisotopic (exact) mass is 377 g/mol. The minimum atomic E-state index is -0.455. The summed E-state index contributed by atoms with van der Waals surface area (Å²) < 4.78 is 18.4. The summed E-state index contributed by atoms with van der Waals surface area (Å²) in [5, 5.41) is 8.79. The number of hydrogen-bond donors (Lipinski definition) is 3. The Bertz CT molecular complexity index is 723. The second-order valence-corrected chi connectivity index (χ2v) is 7.66. The molecule has 1 aromatic rings. The van der Waals surface area contributed by atoms with Gasteiger partial charge in [-0.05, 0) is 37.0 Å². The van der Waals surface area contributed by atoms with Crippen molar-refractivity contribution in [1.29, 1.82) is 0 Å². The van der Waals surface area contributed by atoms with Crippen LogP contribution in [-0.2, 0) is 9.53 Å². The molecule has 2 atom stereocenters. The van der Waals surface area contributed by atoms with Gasteiger partial charge in [-0.3, -0.25) is 0 Å². The average molecular weight is 377 g/mol. The van der Waals surface area contributed by atoms with Crippen molar-refractivity contribution in [1.82, 2.24) is 16.0 Å². The van der Waals surface area contributed by atoms with E-state index in [0.717, 1.165) is 5.56 Å². The molecule has 2 unspecified atom stereocenters. The van der Waals surface area contributed by atoms with Crippen LogP contribution in [0.2, 0.25) is 0 Å². The van der Waals surface area contributed by atoms with Crippen molar-refractivity contribution in [3.05, 3.63) is 46.9 Å². The van der Waals surface area contributed by atoms with E-state index in [4.69, 9.17) is 4.74 Å². The maximum absolute atomic E-state index is 13.3. The molecule has 7 heteroatoms. The predicted molar refractivity (Wildman–Crippen MR) is 101 cm³/mol. The molecule has 0 bridgehead atoms. The second kappa shape index (κ2) is 8.52. The van der Waals surface area contributed by atoms with Crippen LogP contribution in [0, 0.1) is 11.2 Å². The molecule has 0 radical (unpaired) electrons. The Morgan fingerprint density at radius 1 is 1.30 bits per heavy atom. The summed E-state index contributed by atoms with van der Waals surface area (Å²) in [4.78, 5) is 24.2. The van der Waals surface area contributed by atoms with Gasteiger partial charge in [-0.2, -0.15) is 0 Å². The Hall–Kier alpha value is -2.41. The fourth-order valence-corrected chi connectivity index (χ4v) is 3.20. The quantitative estimate of drug-likeness (QED) is 0.666. The number of ether oxygens (including phenoxy) is 1.